The summed E-state index contributed by atoms with van der Waals surface area (Å²) >= 11 is 0. The average molecular weight is 298 g/mol. The predicted molar refractivity (Wildman–Crippen MR) is 87.1 cm³/mol. The summed E-state index contributed by atoms with van der Waals surface area (Å²) in [5, 5.41) is 0. The molecule has 1 aromatic heterocycles. The summed E-state index contributed by atoms with van der Waals surface area (Å²) in [4.78, 5) is 29.7. The highest BCUT2D eigenvalue weighted by atomic mass is 16.2. The van der Waals surface area contributed by atoms with Crippen molar-refractivity contribution in [2.45, 2.75) is 39.8 Å². The lowest BCUT2D eigenvalue weighted by Gasteiger charge is -2.30. The lowest BCUT2D eigenvalue weighted by Crippen LogP contribution is -2.42. The lowest BCUT2D eigenvalue weighted by molar-refractivity contribution is 0.0638. The maximum Gasteiger partial charge on any atom is 0.270 e. The van der Waals surface area contributed by atoms with E-state index in [1.807, 2.05) is 45.9 Å². The maximum atomic E-state index is 12.6. The zero-order chi connectivity index (χ0) is 16.3. The molecule has 116 valence electrons. The second kappa shape index (κ2) is 6.60. The average Bonchev–Trinajstić information content (AvgIpc) is 2.96. The topological polar surface area (TPSA) is 53.2 Å². The molecule has 1 heterocycles. The Balaban J connectivity index is 2.24. The largest absolute Gasteiger partial charge is 0.356 e. The van der Waals surface area contributed by atoms with Gasteiger partial charge in [-0.15, -0.1) is 0 Å². The number of hydrogen-bond donors (Lipinski definition) is 1. The predicted octanol–water partition coefficient (Wildman–Crippen LogP) is 3.50. The highest BCUT2D eigenvalue weighted by Crippen LogP contribution is 2.15. The molecule has 0 fully saturated rings. The normalized spacial score (nSPS) is 11.0. The van der Waals surface area contributed by atoms with Crippen molar-refractivity contribution in [3.05, 3.63) is 59.4 Å². The molecular formula is C18H22N2O2. The van der Waals surface area contributed by atoms with Crippen molar-refractivity contribution in [1.82, 2.24) is 9.88 Å². The summed E-state index contributed by atoms with van der Waals surface area (Å²) < 4.78 is 0. The second-order valence-electron chi connectivity index (χ2n) is 5.90. The van der Waals surface area contributed by atoms with Gasteiger partial charge in [-0.1, -0.05) is 30.3 Å². The molecule has 0 saturated heterocycles. The van der Waals surface area contributed by atoms with Gasteiger partial charge in [-0.05, 0) is 33.8 Å². The molecule has 22 heavy (non-hydrogen) atoms. The van der Waals surface area contributed by atoms with Crippen molar-refractivity contribution in [2.75, 3.05) is 0 Å². The van der Waals surface area contributed by atoms with Gasteiger partial charge in [0.05, 0.1) is 0 Å². The summed E-state index contributed by atoms with van der Waals surface area (Å²) in [6, 6.07) is 10.9. The van der Waals surface area contributed by atoms with Crippen molar-refractivity contribution in [3.8, 4) is 0 Å². The van der Waals surface area contributed by atoms with Crippen molar-refractivity contribution in [3.63, 3.8) is 0 Å². The van der Waals surface area contributed by atoms with Crippen LogP contribution in [0.3, 0.4) is 0 Å². The first-order valence-corrected chi connectivity index (χ1v) is 7.52. The van der Waals surface area contributed by atoms with E-state index in [0.29, 0.717) is 16.8 Å². The van der Waals surface area contributed by atoms with Crippen molar-refractivity contribution < 1.29 is 9.59 Å². The Morgan fingerprint density at radius 3 is 2.09 bits per heavy atom. The number of rotatable bonds is 5. The molecule has 0 saturated carbocycles. The van der Waals surface area contributed by atoms with Crippen molar-refractivity contribution in [1.29, 1.82) is 0 Å². The van der Waals surface area contributed by atoms with Gasteiger partial charge in [-0.3, -0.25) is 9.59 Å². The number of amides is 1. The molecule has 2 aromatic rings. The third-order valence-electron chi connectivity index (χ3n) is 3.56. The SMILES string of the molecule is CC(C)N(C(=O)c1cc(C(=O)c2ccccc2)c[nH]1)C(C)C. The van der Waals surface area contributed by atoms with Gasteiger partial charge in [-0.25, -0.2) is 0 Å². The summed E-state index contributed by atoms with van der Waals surface area (Å²) in [6.45, 7) is 7.93. The van der Waals surface area contributed by atoms with Crippen LogP contribution in [0.4, 0.5) is 0 Å². The van der Waals surface area contributed by atoms with Crippen LogP contribution in [-0.2, 0) is 0 Å². The van der Waals surface area contributed by atoms with E-state index in [2.05, 4.69) is 4.98 Å². The van der Waals surface area contributed by atoms with E-state index in [9.17, 15) is 9.59 Å². The van der Waals surface area contributed by atoms with E-state index in [1.165, 1.54) is 0 Å². The van der Waals surface area contributed by atoms with Gasteiger partial charge < -0.3 is 9.88 Å². The number of nitrogens with zero attached hydrogens (tertiary/aromatic N) is 1. The smallest absolute Gasteiger partial charge is 0.270 e. The third kappa shape index (κ3) is 3.27. The molecule has 0 unspecified atom stereocenters. The Morgan fingerprint density at radius 1 is 0.955 bits per heavy atom. The van der Waals surface area contributed by atoms with Gasteiger partial charge in [0.25, 0.3) is 5.91 Å². The first-order chi connectivity index (χ1) is 10.4. The zero-order valence-corrected chi connectivity index (χ0v) is 13.5. The Labute approximate surface area is 131 Å². The Hall–Kier alpha value is -2.36. The van der Waals surface area contributed by atoms with Crippen LogP contribution in [0.2, 0.25) is 0 Å². The summed E-state index contributed by atoms with van der Waals surface area (Å²) in [7, 11) is 0. The highest BCUT2D eigenvalue weighted by molar-refractivity contribution is 6.10. The van der Waals surface area contributed by atoms with E-state index in [1.54, 1.807) is 29.3 Å². The highest BCUT2D eigenvalue weighted by Gasteiger charge is 2.23. The molecule has 4 heteroatoms. The van der Waals surface area contributed by atoms with Crippen LogP contribution in [0, 0.1) is 0 Å². The summed E-state index contributed by atoms with van der Waals surface area (Å²) in [5.41, 5.74) is 1.56. The zero-order valence-electron chi connectivity index (χ0n) is 13.5. The van der Waals surface area contributed by atoms with Crippen molar-refractivity contribution in [2.24, 2.45) is 0 Å². The fourth-order valence-electron chi connectivity index (χ4n) is 2.61. The number of benzene rings is 1. The molecular weight excluding hydrogens is 276 g/mol. The van der Waals surface area contributed by atoms with Gasteiger partial charge in [-0.2, -0.15) is 0 Å². The number of hydrogen-bond acceptors (Lipinski definition) is 2. The minimum absolute atomic E-state index is 0.0860. The molecule has 4 nitrogen and oxygen atoms in total. The van der Waals surface area contributed by atoms with Gasteiger partial charge in [0.15, 0.2) is 5.78 Å². The second-order valence-corrected chi connectivity index (χ2v) is 5.90. The fraction of sp³-hybridized carbons (Fsp3) is 0.333. The number of ketones is 1. The summed E-state index contributed by atoms with van der Waals surface area (Å²) in [6.07, 6.45) is 1.60. The van der Waals surface area contributed by atoms with Crippen LogP contribution >= 0.6 is 0 Å². The minimum atomic E-state index is -0.0865. The fourth-order valence-corrected chi connectivity index (χ4v) is 2.61. The lowest BCUT2D eigenvalue weighted by atomic mass is 10.1. The Kier molecular flexibility index (Phi) is 4.81. The van der Waals surface area contributed by atoms with E-state index < -0.39 is 0 Å². The molecule has 0 aliphatic carbocycles. The van der Waals surface area contributed by atoms with Gasteiger partial charge in [0, 0.05) is 29.4 Å². The number of H-pyrrole nitrogens is 1. The molecule has 0 aliphatic rings. The molecule has 0 radical (unpaired) electrons. The first-order valence-electron chi connectivity index (χ1n) is 7.52. The van der Waals surface area contributed by atoms with E-state index >= 15 is 0 Å². The molecule has 0 aliphatic heterocycles. The van der Waals surface area contributed by atoms with Crippen LogP contribution in [0.5, 0.6) is 0 Å². The number of nitrogens with one attached hydrogen (secondary N) is 1. The molecule has 2 rings (SSSR count). The molecule has 0 bridgehead atoms. The van der Waals surface area contributed by atoms with E-state index in [0.717, 1.165) is 0 Å². The standard InChI is InChI=1S/C18H22N2O2/c1-12(2)20(13(3)4)18(22)16-10-15(11-19-16)17(21)14-8-6-5-7-9-14/h5-13,19H,1-4H3. The van der Waals surface area contributed by atoms with Gasteiger partial charge in [0.2, 0.25) is 0 Å². The van der Waals surface area contributed by atoms with Crippen LogP contribution in [0.1, 0.15) is 54.1 Å². The van der Waals surface area contributed by atoms with Gasteiger partial charge in [0.1, 0.15) is 5.69 Å². The number of aromatic amines is 1. The maximum absolute atomic E-state index is 12.6. The number of aromatic nitrogens is 1. The molecule has 0 atom stereocenters. The molecule has 1 amide bonds. The molecule has 0 spiro atoms. The van der Waals surface area contributed by atoms with Crippen LogP contribution in [0.15, 0.2) is 42.6 Å². The Bertz CT molecular complexity index is 649. The quantitative estimate of drug-likeness (QED) is 0.859. The number of carbonyl (C=O) groups excluding carboxylic acids is 2. The number of carbonyl (C=O) groups is 2. The Morgan fingerprint density at radius 2 is 1.55 bits per heavy atom. The molecule has 1 N–H and O–H groups in total. The summed E-state index contributed by atoms with van der Waals surface area (Å²) in [5.74, 6) is -0.173. The monoisotopic (exact) mass is 298 g/mol. The van der Waals surface area contributed by atoms with E-state index in [4.69, 9.17) is 0 Å². The van der Waals surface area contributed by atoms with Crippen LogP contribution in [-0.4, -0.2) is 33.7 Å². The van der Waals surface area contributed by atoms with Crippen LogP contribution in [0.25, 0.3) is 0 Å². The van der Waals surface area contributed by atoms with E-state index in [-0.39, 0.29) is 23.8 Å². The minimum Gasteiger partial charge on any atom is -0.356 e. The van der Waals surface area contributed by atoms with Crippen molar-refractivity contribution >= 4 is 11.7 Å². The third-order valence-corrected chi connectivity index (χ3v) is 3.56. The molecule has 1 aromatic carbocycles. The van der Waals surface area contributed by atoms with Crippen LogP contribution < -0.4 is 0 Å². The van der Waals surface area contributed by atoms with Gasteiger partial charge >= 0.3 is 0 Å². The first kappa shape index (κ1) is 16.0.